The summed E-state index contributed by atoms with van der Waals surface area (Å²) >= 11 is 0. The van der Waals surface area contributed by atoms with Gasteiger partial charge in [-0.25, -0.2) is 4.79 Å². The fourth-order valence-electron chi connectivity index (χ4n) is 3.64. The molecule has 0 radical (unpaired) electrons. The molecule has 0 saturated carbocycles. The molecule has 0 fully saturated rings. The fourth-order valence-corrected chi connectivity index (χ4v) is 3.64. The van der Waals surface area contributed by atoms with Crippen molar-refractivity contribution in [1.29, 1.82) is 0 Å². The normalized spacial score (nSPS) is 11.0. The first-order chi connectivity index (χ1) is 14.1. The molecule has 0 amide bonds. The topological polar surface area (TPSA) is 72.7 Å². The summed E-state index contributed by atoms with van der Waals surface area (Å²) in [5, 5.41) is 14.2. The second kappa shape index (κ2) is 9.47. The van der Waals surface area contributed by atoms with Crippen LogP contribution in [0.15, 0.2) is 42.5 Å². The molecule has 2 N–H and O–H groups in total. The molecule has 6 heteroatoms. The Bertz CT molecular complexity index is 977. The van der Waals surface area contributed by atoms with Gasteiger partial charge in [-0.15, -0.1) is 0 Å². The zero-order valence-corrected chi connectivity index (χ0v) is 17.2. The quantitative estimate of drug-likeness (QED) is 0.505. The molecule has 0 spiro atoms. The number of aromatic nitrogens is 1. The van der Waals surface area contributed by atoms with Crippen LogP contribution in [0.4, 0.5) is 0 Å². The van der Waals surface area contributed by atoms with Crippen molar-refractivity contribution in [2.45, 2.75) is 33.4 Å². The molecule has 3 aromatic rings. The molecule has 6 nitrogen and oxygen atoms in total. The Morgan fingerprint density at radius 1 is 1.10 bits per heavy atom. The summed E-state index contributed by atoms with van der Waals surface area (Å²) < 4.78 is 12.6. The Morgan fingerprint density at radius 2 is 1.83 bits per heavy atom. The van der Waals surface area contributed by atoms with Gasteiger partial charge in [0.2, 0.25) is 0 Å². The van der Waals surface area contributed by atoms with Crippen molar-refractivity contribution in [2.24, 2.45) is 0 Å². The molecular formula is C23H28N2O4. The van der Waals surface area contributed by atoms with Gasteiger partial charge in [0.15, 0.2) is 0 Å². The average molecular weight is 396 g/mol. The molecule has 0 atom stereocenters. The van der Waals surface area contributed by atoms with Crippen LogP contribution in [0.1, 0.15) is 35.5 Å². The van der Waals surface area contributed by atoms with E-state index in [1.165, 1.54) is 5.56 Å². The molecule has 3 rings (SSSR count). The van der Waals surface area contributed by atoms with Crippen LogP contribution in [0.2, 0.25) is 0 Å². The summed E-state index contributed by atoms with van der Waals surface area (Å²) in [6.07, 6.45) is 0.856. The third kappa shape index (κ3) is 4.54. The van der Waals surface area contributed by atoms with Crippen LogP contribution in [0.25, 0.3) is 10.9 Å². The lowest BCUT2D eigenvalue weighted by Crippen LogP contribution is -2.19. The third-order valence-corrected chi connectivity index (χ3v) is 5.02. The van der Waals surface area contributed by atoms with E-state index in [4.69, 9.17) is 9.47 Å². The van der Waals surface area contributed by atoms with Crippen molar-refractivity contribution in [3.63, 3.8) is 0 Å². The number of carboxylic acid groups (broad SMARTS) is 1. The zero-order chi connectivity index (χ0) is 20.8. The van der Waals surface area contributed by atoms with Gasteiger partial charge in [-0.2, -0.15) is 0 Å². The molecule has 2 aromatic carbocycles. The second-order valence-electron chi connectivity index (χ2n) is 6.76. The molecule has 29 heavy (non-hydrogen) atoms. The number of ether oxygens (including phenoxy) is 2. The smallest absolute Gasteiger partial charge is 0.352 e. The lowest BCUT2D eigenvalue weighted by molar-refractivity contribution is 0.0684. The van der Waals surface area contributed by atoms with Gasteiger partial charge in [-0.3, -0.25) is 0 Å². The summed E-state index contributed by atoms with van der Waals surface area (Å²) in [6, 6.07) is 13.8. The monoisotopic (exact) mass is 396 g/mol. The van der Waals surface area contributed by atoms with Crippen LogP contribution in [0.3, 0.4) is 0 Å². The summed E-state index contributed by atoms with van der Waals surface area (Å²) in [7, 11) is 1.61. The number of nitrogens with zero attached hydrogens (tertiary/aromatic N) is 1. The highest BCUT2D eigenvalue weighted by Gasteiger charge is 2.21. The standard InChI is InChI=1S/C23H28N2O4/c1-4-25-21-14-18(28-3)10-11-19(21)20(22(25)23(26)27)15-24-13-12-16-6-8-17(9-7-16)29-5-2/h6-11,14,24H,4-5,12-13,15H2,1-3H3,(H,26,27). The van der Waals surface area contributed by atoms with Crippen LogP contribution >= 0.6 is 0 Å². The maximum atomic E-state index is 12.0. The van der Waals surface area contributed by atoms with Gasteiger partial charge in [-0.05, 0) is 56.6 Å². The van der Waals surface area contributed by atoms with Crippen molar-refractivity contribution in [3.05, 3.63) is 59.3 Å². The largest absolute Gasteiger partial charge is 0.497 e. The van der Waals surface area contributed by atoms with Gasteiger partial charge in [0.05, 0.1) is 19.2 Å². The number of hydrogen-bond acceptors (Lipinski definition) is 4. The molecule has 0 saturated heterocycles. The first kappa shape index (κ1) is 20.7. The number of rotatable bonds is 10. The van der Waals surface area contributed by atoms with E-state index in [0.717, 1.165) is 40.9 Å². The second-order valence-corrected chi connectivity index (χ2v) is 6.76. The highest BCUT2D eigenvalue weighted by atomic mass is 16.5. The number of benzene rings is 2. The molecular weight excluding hydrogens is 368 g/mol. The van der Waals surface area contributed by atoms with Gasteiger partial charge in [0.25, 0.3) is 0 Å². The number of fused-ring (bicyclic) bond motifs is 1. The van der Waals surface area contributed by atoms with E-state index in [2.05, 4.69) is 17.4 Å². The molecule has 154 valence electrons. The summed E-state index contributed by atoms with van der Waals surface area (Å²) in [4.78, 5) is 12.0. The Morgan fingerprint density at radius 3 is 2.45 bits per heavy atom. The average Bonchev–Trinajstić information content (AvgIpc) is 3.05. The number of nitrogens with one attached hydrogen (secondary N) is 1. The van der Waals surface area contributed by atoms with Crippen molar-refractivity contribution in [1.82, 2.24) is 9.88 Å². The van der Waals surface area contributed by atoms with Crippen molar-refractivity contribution in [3.8, 4) is 11.5 Å². The molecule has 1 aromatic heterocycles. The van der Waals surface area contributed by atoms with Crippen molar-refractivity contribution in [2.75, 3.05) is 20.3 Å². The number of carboxylic acids is 1. The molecule has 0 bridgehead atoms. The highest BCUT2D eigenvalue weighted by Crippen LogP contribution is 2.29. The van der Waals surface area contributed by atoms with E-state index in [1.54, 1.807) is 7.11 Å². The van der Waals surface area contributed by atoms with Crippen LogP contribution < -0.4 is 14.8 Å². The number of aryl methyl sites for hydroxylation is 1. The summed E-state index contributed by atoms with van der Waals surface area (Å²) in [5.41, 5.74) is 3.24. The van der Waals surface area contributed by atoms with Crippen LogP contribution in [-0.4, -0.2) is 35.9 Å². The Hall–Kier alpha value is -2.99. The van der Waals surface area contributed by atoms with Crippen LogP contribution in [-0.2, 0) is 19.5 Å². The molecule has 0 aliphatic rings. The van der Waals surface area contributed by atoms with E-state index in [9.17, 15) is 9.90 Å². The first-order valence-corrected chi connectivity index (χ1v) is 9.93. The lowest BCUT2D eigenvalue weighted by Gasteiger charge is -2.08. The minimum absolute atomic E-state index is 0.337. The van der Waals surface area contributed by atoms with Gasteiger partial charge in [-0.1, -0.05) is 12.1 Å². The fraction of sp³-hybridized carbons (Fsp3) is 0.348. The van der Waals surface area contributed by atoms with E-state index >= 15 is 0 Å². The maximum Gasteiger partial charge on any atom is 0.352 e. The predicted octanol–water partition coefficient (Wildman–Crippen LogP) is 4.10. The van der Waals surface area contributed by atoms with Gasteiger partial charge < -0.3 is 24.5 Å². The predicted molar refractivity (Wildman–Crippen MR) is 114 cm³/mol. The van der Waals surface area contributed by atoms with E-state index in [-0.39, 0.29) is 0 Å². The Labute approximate surface area is 171 Å². The summed E-state index contributed by atoms with van der Waals surface area (Å²) in [6.45, 7) is 6.40. The minimum atomic E-state index is -0.912. The van der Waals surface area contributed by atoms with Gasteiger partial charge in [0.1, 0.15) is 17.2 Å². The van der Waals surface area contributed by atoms with Gasteiger partial charge in [0, 0.05) is 30.1 Å². The highest BCUT2D eigenvalue weighted by molar-refractivity contribution is 5.98. The summed E-state index contributed by atoms with van der Waals surface area (Å²) in [5.74, 6) is 0.681. The Kier molecular flexibility index (Phi) is 6.77. The van der Waals surface area contributed by atoms with E-state index < -0.39 is 5.97 Å². The molecule has 0 aliphatic heterocycles. The SMILES string of the molecule is CCOc1ccc(CCNCc2c(C(=O)O)n(CC)c3cc(OC)ccc23)cc1. The minimum Gasteiger partial charge on any atom is -0.497 e. The lowest BCUT2D eigenvalue weighted by atomic mass is 10.1. The third-order valence-electron chi connectivity index (χ3n) is 5.02. The van der Waals surface area contributed by atoms with E-state index in [1.807, 2.05) is 48.7 Å². The van der Waals surface area contributed by atoms with E-state index in [0.29, 0.717) is 25.4 Å². The Balaban J connectivity index is 1.75. The van der Waals surface area contributed by atoms with Crippen LogP contribution in [0, 0.1) is 0 Å². The number of methoxy groups -OCH3 is 1. The van der Waals surface area contributed by atoms with Crippen LogP contribution in [0.5, 0.6) is 11.5 Å². The first-order valence-electron chi connectivity index (χ1n) is 9.93. The maximum absolute atomic E-state index is 12.0. The molecule has 1 heterocycles. The molecule has 0 aliphatic carbocycles. The van der Waals surface area contributed by atoms with Crippen molar-refractivity contribution < 1.29 is 19.4 Å². The zero-order valence-electron chi connectivity index (χ0n) is 17.2. The van der Waals surface area contributed by atoms with Crippen molar-refractivity contribution >= 4 is 16.9 Å². The number of aromatic carboxylic acids is 1. The molecule has 0 unspecified atom stereocenters. The number of hydrogen-bond donors (Lipinski definition) is 2. The van der Waals surface area contributed by atoms with Gasteiger partial charge >= 0.3 is 5.97 Å². The number of carbonyl (C=O) groups is 1.